The van der Waals surface area contributed by atoms with Gasteiger partial charge in [-0.2, -0.15) is 5.10 Å². The second-order valence-electron chi connectivity index (χ2n) is 4.93. The molecule has 0 saturated carbocycles. The Balaban J connectivity index is 2.10. The molecule has 0 fully saturated rings. The lowest BCUT2D eigenvalue weighted by Gasteiger charge is -2.14. The molecular weight excluding hydrogens is 248 g/mol. The first-order chi connectivity index (χ1) is 9.70. The number of para-hydroxylation sites is 1. The average Bonchev–Trinajstić information content (AvgIpc) is 2.95. The van der Waals surface area contributed by atoms with E-state index < -0.39 is 0 Å². The maximum Gasteiger partial charge on any atom is 0.0897 e. The zero-order chi connectivity index (χ0) is 14.1. The minimum absolute atomic E-state index is 0.249. The molecule has 4 heteroatoms. The zero-order valence-electron chi connectivity index (χ0n) is 11.7. The summed E-state index contributed by atoms with van der Waals surface area (Å²) in [6.45, 7) is 4.96. The molecule has 3 rings (SSSR count). The summed E-state index contributed by atoms with van der Waals surface area (Å²) in [4.78, 5) is 4.70. The second-order valence-corrected chi connectivity index (χ2v) is 4.93. The van der Waals surface area contributed by atoms with Gasteiger partial charge in [0, 0.05) is 18.1 Å². The molecule has 0 radical (unpaired) electrons. The zero-order valence-corrected chi connectivity index (χ0v) is 11.7. The highest BCUT2D eigenvalue weighted by molar-refractivity contribution is 5.82. The molecule has 0 saturated heterocycles. The van der Waals surface area contributed by atoms with Crippen molar-refractivity contribution in [2.24, 2.45) is 5.73 Å². The van der Waals surface area contributed by atoms with Crippen LogP contribution in [0.1, 0.15) is 29.9 Å². The molecule has 0 aliphatic heterocycles. The molecule has 0 amide bonds. The van der Waals surface area contributed by atoms with Crippen molar-refractivity contribution in [1.82, 2.24) is 14.8 Å². The lowest BCUT2D eigenvalue weighted by molar-refractivity contribution is 0.597. The molecule has 0 aliphatic rings. The fourth-order valence-corrected chi connectivity index (χ4v) is 2.56. The highest BCUT2D eigenvalue weighted by Crippen LogP contribution is 2.23. The topological polar surface area (TPSA) is 56.7 Å². The minimum atomic E-state index is -0.249. The monoisotopic (exact) mass is 266 g/mol. The van der Waals surface area contributed by atoms with Crippen molar-refractivity contribution in [1.29, 1.82) is 0 Å². The quantitative estimate of drug-likeness (QED) is 0.793. The van der Waals surface area contributed by atoms with Crippen LogP contribution in [-0.4, -0.2) is 14.8 Å². The Hall–Kier alpha value is -2.20. The van der Waals surface area contributed by atoms with E-state index in [4.69, 9.17) is 10.7 Å². The van der Waals surface area contributed by atoms with Crippen LogP contribution in [0, 0.1) is 6.92 Å². The molecule has 2 heterocycles. The number of hydrogen-bond acceptors (Lipinski definition) is 3. The van der Waals surface area contributed by atoms with Crippen LogP contribution in [0.5, 0.6) is 0 Å². The van der Waals surface area contributed by atoms with E-state index in [9.17, 15) is 0 Å². The highest BCUT2D eigenvalue weighted by atomic mass is 15.3. The van der Waals surface area contributed by atoms with Crippen LogP contribution in [-0.2, 0) is 6.54 Å². The van der Waals surface area contributed by atoms with Gasteiger partial charge in [-0.25, -0.2) is 0 Å². The second kappa shape index (κ2) is 5.06. The molecule has 2 aromatic heterocycles. The van der Waals surface area contributed by atoms with Gasteiger partial charge in [0.25, 0.3) is 0 Å². The van der Waals surface area contributed by atoms with E-state index in [0.29, 0.717) is 0 Å². The average molecular weight is 266 g/mol. The predicted octanol–water partition coefficient (Wildman–Crippen LogP) is 2.81. The number of pyridine rings is 1. The van der Waals surface area contributed by atoms with Gasteiger partial charge in [0.2, 0.25) is 0 Å². The summed E-state index contributed by atoms with van der Waals surface area (Å²) in [5, 5.41) is 5.45. The van der Waals surface area contributed by atoms with Crippen molar-refractivity contribution in [2.45, 2.75) is 26.4 Å². The SMILES string of the molecule is CCn1nccc1C(N)c1cc(C)c2ccccc2n1. The number of aryl methyl sites for hydroxylation is 2. The molecule has 4 nitrogen and oxygen atoms in total. The van der Waals surface area contributed by atoms with E-state index in [1.807, 2.05) is 28.9 Å². The Morgan fingerprint density at radius 2 is 2.05 bits per heavy atom. The Morgan fingerprint density at radius 3 is 2.85 bits per heavy atom. The van der Waals surface area contributed by atoms with Crippen LogP contribution >= 0.6 is 0 Å². The summed E-state index contributed by atoms with van der Waals surface area (Å²) in [5.74, 6) is 0. The Bertz CT molecular complexity index is 745. The maximum absolute atomic E-state index is 6.37. The van der Waals surface area contributed by atoms with Crippen molar-refractivity contribution in [2.75, 3.05) is 0 Å². The van der Waals surface area contributed by atoms with E-state index >= 15 is 0 Å². The number of rotatable bonds is 3. The Labute approximate surface area is 118 Å². The standard InChI is InChI=1S/C16H18N4/c1-3-20-15(8-9-18-20)16(17)14-10-11(2)12-6-4-5-7-13(12)19-14/h4-10,16H,3,17H2,1-2H3. The van der Waals surface area contributed by atoms with E-state index in [1.165, 1.54) is 10.9 Å². The van der Waals surface area contributed by atoms with Gasteiger partial charge in [-0.15, -0.1) is 0 Å². The van der Waals surface area contributed by atoms with Crippen LogP contribution in [0.3, 0.4) is 0 Å². The summed E-state index contributed by atoms with van der Waals surface area (Å²) in [6.07, 6.45) is 1.78. The lowest BCUT2D eigenvalue weighted by atomic mass is 10.0. The van der Waals surface area contributed by atoms with Crippen molar-refractivity contribution in [3.8, 4) is 0 Å². The number of fused-ring (bicyclic) bond motifs is 1. The molecule has 2 N–H and O–H groups in total. The van der Waals surface area contributed by atoms with Crippen LogP contribution in [0.4, 0.5) is 0 Å². The molecular formula is C16H18N4. The molecule has 3 aromatic rings. The number of nitrogens with zero attached hydrogens (tertiary/aromatic N) is 3. The Morgan fingerprint density at radius 1 is 1.25 bits per heavy atom. The van der Waals surface area contributed by atoms with Gasteiger partial charge in [0.05, 0.1) is 22.9 Å². The Kier molecular flexibility index (Phi) is 3.24. The third-order valence-corrected chi connectivity index (χ3v) is 3.63. The van der Waals surface area contributed by atoms with Gasteiger partial charge in [-0.1, -0.05) is 18.2 Å². The third kappa shape index (κ3) is 2.08. The van der Waals surface area contributed by atoms with Gasteiger partial charge in [-0.3, -0.25) is 9.67 Å². The summed E-state index contributed by atoms with van der Waals surface area (Å²) in [7, 11) is 0. The van der Waals surface area contributed by atoms with E-state index in [0.717, 1.165) is 23.4 Å². The van der Waals surface area contributed by atoms with E-state index in [2.05, 4.69) is 31.1 Å². The van der Waals surface area contributed by atoms with Gasteiger partial charge < -0.3 is 5.73 Å². The largest absolute Gasteiger partial charge is 0.318 e. The molecule has 1 aromatic carbocycles. The summed E-state index contributed by atoms with van der Waals surface area (Å²) in [5.41, 5.74) is 10.4. The molecule has 0 bridgehead atoms. The van der Waals surface area contributed by atoms with Crippen molar-refractivity contribution < 1.29 is 0 Å². The normalized spacial score (nSPS) is 12.8. The number of aromatic nitrogens is 3. The lowest BCUT2D eigenvalue weighted by Crippen LogP contribution is -2.18. The van der Waals surface area contributed by atoms with E-state index in [-0.39, 0.29) is 6.04 Å². The molecule has 0 aliphatic carbocycles. The van der Waals surface area contributed by atoms with Crippen molar-refractivity contribution >= 4 is 10.9 Å². The predicted molar refractivity (Wildman–Crippen MR) is 80.4 cm³/mol. The summed E-state index contributed by atoms with van der Waals surface area (Å²) in [6, 6.07) is 11.9. The summed E-state index contributed by atoms with van der Waals surface area (Å²) >= 11 is 0. The fourth-order valence-electron chi connectivity index (χ4n) is 2.56. The molecule has 1 atom stereocenters. The molecule has 102 valence electrons. The smallest absolute Gasteiger partial charge is 0.0897 e. The number of benzene rings is 1. The highest BCUT2D eigenvalue weighted by Gasteiger charge is 2.16. The first-order valence-electron chi connectivity index (χ1n) is 6.84. The van der Waals surface area contributed by atoms with Crippen molar-refractivity contribution in [3.05, 3.63) is 59.5 Å². The fraction of sp³-hybridized carbons (Fsp3) is 0.250. The first-order valence-corrected chi connectivity index (χ1v) is 6.84. The van der Waals surface area contributed by atoms with Crippen LogP contribution in [0.15, 0.2) is 42.6 Å². The maximum atomic E-state index is 6.37. The van der Waals surface area contributed by atoms with Crippen LogP contribution in [0.25, 0.3) is 10.9 Å². The molecule has 0 spiro atoms. The van der Waals surface area contributed by atoms with E-state index in [1.54, 1.807) is 6.20 Å². The number of hydrogen-bond donors (Lipinski definition) is 1. The number of nitrogens with two attached hydrogens (primary N) is 1. The molecule has 20 heavy (non-hydrogen) atoms. The first kappa shape index (κ1) is 12.8. The van der Waals surface area contributed by atoms with Crippen LogP contribution in [0.2, 0.25) is 0 Å². The molecule has 1 unspecified atom stereocenters. The third-order valence-electron chi connectivity index (χ3n) is 3.63. The van der Waals surface area contributed by atoms with Gasteiger partial charge in [0.1, 0.15) is 0 Å². The van der Waals surface area contributed by atoms with Crippen LogP contribution < -0.4 is 5.73 Å². The minimum Gasteiger partial charge on any atom is -0.318 e. The van der Waals surface area contributed by atoms with Crippen molar-refractivity contribution in [3.63, 3.8) is 0 Å². The van der Waals surface area contributed by atoms with Gasteiger partial charge in [-0.05, 0) is 37.6 Å². The van der Waals surface area contributed by atoms with Gasteiger partial charge >= 0.3 is 0 Å². The van der Waals surface area contributed by atoms with Gasteiger partial charge in [0.15, 0.2) is 0 Å². The summed E-state index contributed by atoms with van der Waals surface area (Å²) < 4.78 is 1.91.